The van der Waals surface area contributed by atoms with Crippen LogP contribution in [0.4, 0.5) is 17.6 Å². The number of pyridine rings is 1. The van der Waals surface area contributed by atoms with Gasteiger partial charge in [-0.25, -0.2) is 9.50 Å². The zero-order chi connectivity index (χ0) is 26.6. The highest BCUT2D eigenvalue weighted by molar-refractivity contribution is 7.16. The molecule has 6 heterocycles. The summed E-state index contributed by atoms with van der Waals surface area (Å²) in [6.07, 6.45) is -1.19. The van der Waals surface area contributed by atoms with E-state index in [1.54, 1.807) is 24.4 Å². The number of nitrogens with one attached hydrogen (secondary N) is 1. The van der Waals surface area contributed by atoms with E-state index in [-0.39, 0.29) is 28.4 Å². The molecule has 5 aromatic heterocycles. The summed E-state index contributed by atoms with van der Waals surface area (Å²) in [6, 6.07) is 4.09. The fourth-order valence-electron chi connectivity index (χ4n) is 4.28. The van der Waals surface area contributed by atoms with Gasteiger partial charge in [0, 0.05) is 31.1 Å². The van der Waals surface area contributed by atoms with Crippen LogP contribution in [0, 0.1) is 0 Å². The third kappa shape index (κ3) is 4.16. The Hall–Kier alpha value is -4.33. The van der Waals surface area contributed by atoms with Crippen molar-refractivity contribution in [3.63, 3.8) is 0 Å². The lowest BCUT2D eigenvalue weighted by Gasteiger charge is -2.32. The minimum atomic E-state index is -4.72. The van der Waals surface area contributed by atoms with Crippen molar-refractivity contribution in [1.29, 1.82) is 0 Å². The van der Waals surface area contributed by atoms with Crippen LogP contribution in [-0.2, 0) is 12.7 Å². The van der Waals surface area contributed by atoms with Crippen LogP contribution in [0.2, 0.25) is 0 Å². The fraction of sp³-hybridized carbons (Fsp3) is 0.238. The van der Waals surface area contributed by atoms with Crippen LogP contribution in [0.15, 0.2) is 47.5 Å². The number of aromatic nitrogens is 8. The van der Waals surface area contributed by atoms with Gasteiger partial charge in [0.1, 0.15) is 17.3 Å². The first-order valence-corrected chi connectivity index (χ1v) is 11.7. The number of hydrogen-bond donors (Lipinski definition) is 1. The van der Waals surface area contributed by atoms with Gasteiger partial charge in [-0.15, -0.1) is 23.4 Å². The summed E-state index contributed by atoms with van der Waals surface area (Å²) in [5.74, 6) is -1.16. The van der Waals surface area contributed by atoms with Gasteiger partial charge in [-0.2, -0.15) is 19.3 Å². The maximum atomic E-state index is 13.5. The average molecular weight is 549 g/mol. The quantitative estimate of drug-likeness (QED) is 0.261. The van der Waals surface area contributed by atoms with Crippen LogP contribution >= 0.6 is 9.24 Å². The Kier molecular flexibility index (Phi) is 5.63. The molecule has 0 aromatic carbocycles. The predicted molar refractivity (Wildman–Crippen MR) is 122 cm³/mol. The smallest absolute Gasteiger partial charge is 0.455 e. The first-order valence-electron chi connectivity index (χ1n) is 11.0. The molecule has 0 bridgehead atoms. The second kappa shape index (κ2) is 8.90. The summed E-state index contributed by atoms with van der Waals surface area (Å²) >= 11 is 0. The summed E-state index contributed by atoms with van der Waals surface area (Å²) in [4.78, 5) is 22.4. The highest BCUT2D eigenvalue weighted by Crippen LogP contribution is 2.36. The van der Waals surface area contributed by atoms with Crippen molar-refractivity contribution in [2.45, 2.75) is 24.9 Å². The van der Waals surface area contributed by atoms with Gasteiger partial charge in [0.2, 0.25) is 6.10 Å². The number of hydrogen-bond acceptors (Lipinski definition) is 8. The highest BCUT2D eigenvalue weighted by Gasteiger charge is 2.38. The van der Waals surface area contributed by atoms with Gasteiger partial charge in [-0.05, 0) is 18.2 Å². The number of fused-ring (bicyclic) bond motifs is 2. The predicted octanol–water partition coefficient (Wildman–Crippen LogP) is 3.08. The Morgan fingerprint density at radius 2 is 2.16 bits per heavy atom. The van der Waals surface area contributed by atoms with Crippen LogP contribution in [-0.4, -0.2) is 63.0 Å². The Labute approximate surface area is 211 Å². The molecule has 1 aliphatic rings. The average Bonchev–Trinajstić information content (AvgIpc) is 3.66. The Morgan fingerprint density at radius 1 is 1.32 bits per heavy atom. The van der Waals surface area contributed by atoms with E-state index in [0.717, 1.165) is 11.9 Å². The van der Waals surface area contributed by atoms with Gasteiger partial charge < -0.3 is 19.0 Å². The second-order valence-corrected chi connectivity index (χ2v) is 8.74. The minimum Gasteiger partial charge on any atom is -0.455 e. The normalized spacial score (nSPS) is 16.6. The van der Waals surface area contributed by atoms with Gasteiger partial charge >= 0.3 is 18.1 Å². The molecule has 0 saturated heterocycles. The molecule has 0 fully saturated rings. The second-order valence-electron chi connectivity index (χ2n) is 8.21. The number of carbonyl (C=O) groups excluding carboxylic acids is 1. The minimum absolute atomic E-state index is 0.105. The zero-order valence-electron chi connectivity index (χ0n) is 19.0. The lowest BCUT2D eigenvalue weighted by atomic mass is 9.99. The SMILES string of the molecule is O=C(c1nnc(-c2cnn(C(F)(F)F)c2)o1)N1CCc2[nH]cnc2[C@H]1c1cc2c(OC(F)P)cccn2n1. The van der Waals surface area contributed by atoms with Gasteiger partial charge in [-0.3, -0.25) is 4.79 Å². The molecule has 17 heteroatoms. The standard InChI is InChI=1S/C21H16F4N9O3P/c22-20(38)36-14-2-1-4-33-13(14)6-12(31-33)16-15-11(26-9-27-15)3-5-32(16)19(35)18-30-29-17(37-18)10-7-28-34(8-10)21(23,24)25/h1-2,4,6-9,16,20H,3,5,38H2,(H,26,27)/t16-,20?/m1/s1. The number of carbonyl (C=O) groups is 1. The Morgan fingerprint density at radius 3 is 2.92 bits per heavy atom. The summed E-state index contributed by atoms with van der Waals surface area (Å²) in [5, 5.41) is 15.3. The highest BCUT2D eigenvalue weighted by atomic mass is 31.0. The van der Waals surface area contributed by atoms with Gasteiger partial charge in [0.15, 0.2) is 0 Å². The van der Waals surface area contributed by atoms with Crippen LogP contribution in [0.5, 0.6) is 5.75 Å². The molecule has 2 unspecified atom stereocenters. The molecule has 0 spiro atoms. The summed E-state index contributed by atoms with van der Waals surface area (Å²) in [7, 11) is 1.90. The molecule has 38 heavy (non-hydrogen) atoms. The molecule has 12 nitrogen and oxygen atoms in total. The molecule has 6 rings (SSSR count). The molecule has 1 amide bonds. The van der Waals surface area contributed by atoms with Crippen LogP contribution in [0.1, 0.15) is 33.8 Å². The molecule has 0 radical (unpaired) electrons. The Balaban J connectivity index is 1.36. The van der Waals surface area contributed by atoms with E-state index in [9.17, 15) is 22.4 Å². The van der Waals surface area contributed by atoms with Crippen LogP contribution < -0.4 is 4.74 Å². The third-order valence-electron chi connectivity index (χ3n) is 5.88. The lowest BCUT2D eigenvalue weighted by molar-refractivity contribution is -0.212. The summed E-state index contributed by atoms with van der Waals surface area (Å²) in [6.45, 7) is 0.220. The van der Waals surface area contributed by atoms with E-state index in [2.05, 4.69) is 30.4 Å². The van der Waals surface area contributed by atoms with Crippen molar-refractivity contribution in [2.75, 3.05) is 6.54 Å². The maximum absolute atomic E-state index is 13.5. The number of ether oxygens (including phenoxy) is 1. The fourth-order valence-corrected chi connectivity index (χ4v) is 4.43. The van der Waals surface area contributed by atoms with Crippen LogP contribution in [0.25, 0.3) is 17.0 Å². The van der Waals surface area contributed by atoms with Gasteiger partial charge in [-0.1, -0.05) is 9.24 Å². The Bertz CT molecular complexity index is 1640. The van der Waals surface area contributed by atoms with Gasteiger partial charge in [0.05, 0.1) is 29.5 Å². The molecular formula is C21H16F4N9O3P. The zero-order valence-corrected chi connectivity index (χ0v) is 20.2. The van der Waals surface area contributed by atoms with E-state index < -0.39 is 30.2 Å². The molecule has 196 valence electrons. The van der Waals surface area contributed by atoms with E-state index in [1.165, 1.54) is 15.7 Å². The molecule has 3 atom stereocenters. The molecule has 0 aliphatic carbocycles. The summed E-state index contributed by atoms with van der Waals surface area (Å²) < 4.78 is 64.1. The number of rotatable bonds is 5. The molecular weight excluding hydrogens is 533 g/mol. The van der Waals surface area contributed by atoms with E-state index in [0.29, 0.717) is 29.5 Å². The van der Waals surface area contributed by atoms with Crippen molar-refractivity contribution in [3.05, 3.63) is 66.1 Å². The number of imidazole rings is 1. The largest absolute Gasteiger partial charge is 0.504 e. The number of nitrogens with zero attached hydrogens (tertiary/aromatic N) is 8. The first kappa shape index (κ1) is 24.0. The van der Waals surface area contributed by atoms with Crippen molar-refractivity contribution >= 4 is 20.7 Å². The molecule has 5 aromatic rings. The summed E-state index contributed by atoms with van der Waals surface area (Å²) in [5.41, 5.74) is 2.10. The molecule has 1 aliphatic heterocycles. The lowest BCUT2D eigenvalue weighted by Crippen LogP contribution is -2.41. The molecule has 0 saturated carbocycles. The van der Waals surface area contributed by atoms with Crippen molar-refractivity contribution < 1.29 is 31.5 Å². The number of amides is 1. The van der Waals surface area contributed by atoms with E-state index in [4.69, 9.17) is 9.15 Å². The monoisotopic (exact) mass is 549 g/mol. The van der Waals surface area contributed by atoms with Crippen LogP contribution in [0.3, 0.4) is 0 Å². The number of halogens is 4. The molecule has 1 N–H and O–H groups in total. The number of H-pyrrole nitrogens is 1. The third-order valence-corrected chi connectivity index (χ3v) is 6.02. The first-order chi connectivity index (χ1) is 18.2. The van der Waals surface area contributed by atoms with Gasteiger partial charge in [0.25, 0.3) is 5.89 Å². The van der Waals surface area contributed by atoms with Crippen molar-refractivity contribution in [3.8, 4) is 17.2 Å². The van der Waals surface area contributed by atoms with Crippen molar-refractivity contribution in [2.24, 2.45) is 0 Å². The van der Waals surface area contributed by atoms with E-state index >= 15 is 0 Å². The van der Waals surface area contributed by atoms with E-state index in [1.807, 2.05) is 9.24 Å². The number of alkyl halides is 4. The topological polar surface area (TPSA) is 132 Å². The van der Waals surface area contributed by atoms with Crippen molar-refractivity contribution in [1.82, 2.24) is 44.5 Å². The number of aromatic amines is 1. The maximum Gasteiger partial charge on any atom is 0.504 e.